The number of benzene rings is 1. The van der Waals surface area contributed by atoms with Gasteiger partial charge in [0, 0.05) is 14.2 Å². The lowest BCUT2D eigenvalue weighted by atomic mass is 10.1. The third kappa shape index (κ3) is 6.60. The van der Waals surface area contributed by atoms with Crippen LogP contribution in [0.2, 0.25) is 0 Å². The lowest BCUT2D eigenvalue weighted by molar-refractivity contribution is -0.265. The Balaban J connectivity index is 0.000000614. The minimum absolute atomic E-state index is 0.227. The zero-order chi connectivity index (χ0) is 23.1. The SMILES string of the molecule is CO[C@](C)(C(=O)O)C(F)(F)F.CO[C@](C)(C(=O)OCc1ccccc1)C(F)(F)F. The lowest BCUT2D eigenvalue weighted by Crippen LogP contribution is -2.51. The van der Waals surface area contributed by atoms with Gasteiger partial charge in [0.2, 0.25) is 0 Å². The zero-order valence-corrected chi connectivity index (χ0v) is 15.9. The summed E-state index contributed by atoms with van der Waals surface area (Å²) in [7, 11) is 1.51. The van der Waals surface area contributed by atoms with Gasteiger partial charge in [-0.05, 0) is 19.4 Å². The van der Waals surface area contributed by atoms with Gasteiger partial charge in [0.1, 0.15) is 6.61 Å². The van der Waals surface area contributed by atoms with Crippen LogP contribution in [-0.2, 0) is 30.4 Å². The van der Waals surface area contributed by atoms with E-state index < -0.39 is 35.5 Å². The van der Waals surface area contributed by atoms with Gasteiger partial charge in [0.15, 0.2) is 0 Å². The average Bonchev–Trinajstić information content (AvgIpc) is 2.63. The highest BCUT2D eigenvalue weighted by Gasteiger charge is 2.59. The Labute approximate surface area is 162 Å². The molecule has 0 aliphatic carbocycles. The van der Waals surface area contributed by atoms with Gasteiger partial charge in [-0.15, -0.1) is 0 Å². The van der Waals surface area contributed by atoms with E-state index in [-0.39, 0.29) is 6.61 Å². The highest BCUT2D eigenvalue weighted by molar-refractivity contribution is 5.80. The molecule has 0 unspecified atom stereocenters. The maximum absolute atomic E-state index is 12.7. The van der Waals surface area contributed by atoms with E-state index in [1.54, 1.807) is 30.3 Å². The van der Waals surface area contributed by atoms with Crippen molar-refractivity contribution in [3.05, 3.63) is 35.9 Å². The number of halogens is 6. The molecule has 0 spiro atoms. The summed E-state index contributed by atoms with van der Waals surface area (Å²) >= 11 is 0. The highest BCUT2D eigenvalue weighted by Crippen LogP contribution is 2.34. The van der Waals surface area contributed by atoms with Crippen LogP contribution in [0.4, 0.5) is 26.3 Å². The monoisotopic (exact) mass is 434 g/mol. The number of alkyl halides is 6. The van der Waals surface area contributed by atoms with Crippen molar-refractivity contribution in [3.63, 3.8) is 0 Å². The van der Waals surface area contributed by atoms with Crippen LogP contribution in [-0.4, -0.2) is 54.8 Å². The number of carboxylic acid groups (broad SMARTS) is 1. The maximum Gasteiger partial charge on any atom is 0.428 e. The first-order valence-electron chi connectivity index (χ1n) is 7.75. The summed E-state index contributed by atoms with van der Waals surface area (Å²) in [5.41, 5.74) is -5.44. The molecule has 2 atom stereocenters. The average molecular weight is 434 g/mol. The van der Waals surface area contributed by atoms with Crippen molar-refractivity contribution in [3.8, 4) is 0 Å². The van der Waals surface area contributed by atoms with E-state index in [1.807, 2.05) is 0 Å². The first-order valence-corrected chi connectivity index (χ1v) is 7.75. The minimum Gasteiger partial charge on any atom is -0.479 e. The molecular weight excluding hydrogens is 414 g/mol. The molecule has 1 aromatic rings. The molecule has 0 saturated carbocycles. The van der Waals surface area contributed by atoms with Gasteiger partial charge in [0.05, 0.1) is 0 Å². The Morgan fingerprint density at radius 2 is 1.28 bits per heavy atom. The number of rotatable bonds is 6. The summed E-state index contributed by atoms with van der Waals surface area (Å²) in [4.78, 5) is 21.5. The molecule has 0 aliphatic rings. The molecule has 0 amide bonds. The van der Waals surface area contributed by atoms with Crippen LogP contribution in [0.5, 0.6) is 0 Å². The van der Waals surface area contributed by atoms with Crippen LogP contribution in [0.1, 0.15) is 19.4 Å². The second-order valence-corrected chi connectivity index (χ2v) is 5.84. The molecule has 29 heavy (non-hydrogen) atoms. The maximum atomic E-state index is 12.7. The van der Waals surface area contributed by atoms with Crippen LogP contribution >= 0.6 is 0 Å². The van der Waals surface area contributed by atoms with Crippen LogP contribution in [0, 0.1) is 0 Å². The number of ether oxygens (including phenoxy) is 3. The van der Waals surface area contributed by atoms with E-state index in [9.17, 15) is 35.9 Å². The van der Waals surface area contributed by atoms with E-state index >= 15 is 0 Å². The normalized spacial score (nSPS) is 15.9. The second-order valence-electron chi connectivity index (χ2n) is 5.84. The predicted molar refractivity (Wildman–Crippen MR) is 86.8 cm³/mol. The zero-order valence-electron chi connectivity index (χ0n) is 15.9. The summed E-state index contributed by atoms with van der Waals surface area (Å²) in [5.74, 6) is -3.51. The van der Waals surface area contributed by atoms with Gasteiger partial charge in [-0.1, -0.05) is 30.3 Å². The van der Waals surface area contributed by atoms with Crippen molar-refractivity contribution in [2.45, 2.75) is 44.0 Å². The molecule has 0 aliphatic heterocycles. The van der Waals surface area contributed by atoms with Gasteiger partial charge >= 0.3 is 24.3 Å². The van der Waals surface area contributed by atoms with Crippen LogP contribution in [0.25, 0.3) is 0 Å². The van der Waals surface area contributed by atoms with Crippen molar-refractivity contribution >= 4 is 11.9 Å². The van der Waals surface area contributed by atoms with E-state index in [2.05, 4.69) is 14.2 Å². The van der Waals surface area contributed by atoms with Gasteiger partial charge in [-0.3, -0.25) is 0 Å². The molecule has 1 rings (SSSR count). The molecule has 0 fully saturated rings. The standard InChI is InChI=1S/C12H13F3O3.C5H7F3O3/c1-11(17-2,12(13,14)15)10(16)18-8-9-6-4-3-5-7-9;1-4(11-2,3(9)10)5(6,7)8/h3-7H,8H2,1-2H3;1-2H3,(H,9,10)/t11-;4-/m11/s1. The molecule has 1 aromatic carbocycles. The van der Waals surface area contributed by atoms with E-state index in [0.717, 1.165) is 7.11 Å². The number of carbonyl (C=O) groups excluding carboxylic acids is 1. The summed E-state index contributed by atoms with van der Waals surface area (Å²) in [5, 5.41) is 8.12. The number of carbonyl (C=O) groups is 2. The van der Waals surface area contributed by atoms with E-state index in [1.165, 1.54) is 0 Å². The van der Waals surface area contributed by atoms with Crippen LogP contribution in [0.15, 0.2) is 30.3 Å². The molecule has 166 valence electrons. The Kier molecular flexibility index (Phi) is 9.12. The number of aliphatic carboxylic acids is 1. The third-order valence-corrected chi connectivity index (χ3v) is 3.91. The first-order chi connectivity index (χ1) is 13.1. The Morgan fingerprint density at radius 1 is 0.862 bits per heavy atom. The lowest BCUT2D eigenvalue weighted by Gasteiger charge is -2.27. The second kappa shape index (κ2) is 9.92. The third-order valence-electron chi connectivity index (χ3n) is 3.91. The number of esters is 1. The quantitative estimate of drug-likeness (QED) is 0.543. The van der Waals surface area contributed by atoms with Crippen LogP contribution in [0.3, 0.4) is 0 Å². The Bertz CT molecular complexity index is 675. The largest absolute Gasteiger partial charge is 0.479 e. The molecule has 0 bridgehead atoms. The Hall–Kier alpha value is -2.34. The molecular formula is C17H20F6O6. The van der Waals surface area contributed by atoms with Gasteiger partial charge in [-0.25, -0.2) is 9.59 Å². The van der Waals surface area contributed by atoms with Gasteiger partial charge in [-0.2, -0.15) is 26.3 Å². The van der Waals surface area contributed by atoms with E-state index in [4.69, 9.17) is 5.11 Å². The number of hydrogen-bond acceptors (Lipinski definition) is 5. The number of carboxylic acids is 1. The van der Waals surface area contributed by atoms with Crippen molar-refractivity contribution in [2.75, 3.05) is 14.2 Å². The summed E-state index contributed by atoms with van der Waals surface area (Å²) in [6.07, 6.45) is -9.72. The smallest absolute Gasteiger partial charge is 0.428 e. The molecule has 0 saturated heterocycles. The van der Waals surface area contributed by atoms with Crippen molar-refractivity contribution < 1.29 is 55.2 Å². The molecule has 1 N–H and O–H groups in total. The van der Waals surface area contributed by atoms with Crippen molar-refractivity contribution in [1.82, 2.24) is 0 Å². The van der Waals surface area contributed by atoms with Crippen molar-refractivity contribution in [1.29, 1.82) is 0 Å². The van der Waals surface area contributed by atoms with Gasteiger partial charge in [0.25, 0.3) is 11.2 Å². The summed E-state index contributed by atoms with van der Waals surface area (Å²) in [6.45, 7) is 0.865. The Morgan fingerprint density at radius 3 is 1.55 bits per heavy atom. The van der Waals surface area contributed by atoms with E-state index in [0.29, 0.717) is 26.5 Å². The first kappa shape index (κ1) is 26.7. The predicted octanol–water partition coefficient (Wildman–Crippen LogP) is 3.74. The topological polar surface area (TPSA) is 82.1 Å². The van der Waals surface area contributed by atoms with Gasteiger partial charge < -0.3 is 19.3 Å². The number of hydrogen-bond donors (Lipinski definition) is 1. The highest BCUT2D eigenvalue weighted by atomic mass is 19.4. The fraction of sp³-hybridized carbons (Fsp3) is 0.529. The molecule has 0 aromatic heterocycles. The summed E-state index contributed by atoms with van der Waals surface area (Å²) in [6, 6.07) is 8.43. The minimum atomic E-state index is -4.90. The number of methoxy groups -OCH3 is 2. The summed E-state index contributed by atoms with van der Waals surface area (Å²) < 4.78 is 86.2. The fourth-order valence-corrected chi connectivity index (χ4v) is 1.50. The van der Waals surface area contributed by atoms with Crippen molar-refractivity contribution in [2.24, 2.45) is 0 Å². The molecule has 6 nitrogen and oxygen atoms in total. The fourth-order valence-electron chi connectivity index (χ4n) is 1.50. The molecule has 0 radical (unpaired) electrons. The van der Waals surface area contributed by atoms with Crippen LogP contribution < -0.4 is 0 Å². The molecule has 12 heteroatoms. The molecule has 0 heterocycles.